The third-order valence-electron chi connectivity index (χ3n) is 4.20. The van der Waals surface area contributed by atoms with Gasteiger partial charge >= 0.3 is 0 Å². The van der Waals surface area contributed by atoms with E-state index in [4.69, 9.17) is 5.14 Å². The van der Waals surface area contributed by atoms with Crippen LogP contribution in [0.4, 0.5) is 8.78 Å². The molecule has 0 radical (unpaired) electrons. The van der Waals surface area contributed by atoms with Crippen molar-refractivity contribution in [2.24, 2.45) is 5.14 Å². The van der Waals surface area contributed by atoms with Crippen LogP contribution >= 0.6 is 11.9 Å². The van der Waals surface area contributed by atoms with Crippen molar-refractivity contribution in [1.29, 1.82) is 0 Å². The molecule has 27 heavy (non-hydrogen) atoms. The highest BCUT2D eigenvalue weighted by Gasteiger charge is 2.07. The van der Waals surface area contributed by atoms with E-state index in [9.17, 15) is 8.78 Å². The highest BCUT2D eigenvalue weighted by molar-refractivity contribution is 7.97. The van der Waals surface area contributed by atoms with Crippen LogP contribution in [-0.2, 0) is 0 Å². The second-order valence-corrected chi connectivity index (χ2v) is 6.65. The number of aromatic nitrogens is 2. The van der Waals surface area contributed by atoms with Crippen molar-refractivity contribution >= 4 is 35.1 Å². The maximum absolute atomic E-state index is 13.3. The first kappa shape index (κ1) is 17.5. The highest BCUT2D eigenvalue weighted by atomic mass is 32.2. The first-order chi connectivity index (χ1) is 13.1. The van der Waals surface area contributed by atoms with Gasteiger partial charge < -0.3 is 4.98 Å². The number of benzene rings is 3. The quantitative estimate of drug-likeness (QED) is 0.451. The molecule has 0 bridgehead atoms. The summed E-state index contributed by atoms with van der Waals surface area (Å²) in [6, 6.07) is 17.7. The summed E-state index contributed by atoms with van der Waals surface area (Å²) in [6.07, 6.45) is 3.41. The van der Waals surface area contributed by atoms with Crippen molar-refractivity contribution in [2.45, 2.75) is 4.90 Å². The van der Waals surface area contributed by atoms with E-state index >= 15 is 0 Å². The lowest BCUT2D eigenvalue weighted by atomic mass is 10.1. The molecule has 0 unspecified atom stereocenters. The van der Waals surface area contributed by atoms with Crippen molar-refractivity contribution < 1.29 is 8.78 Å². The smallest absolute Gasteiger partial charge is 0.159 e. The number of imidazole rings is 1. The number of hydrogen-bond donors (Lipinski definition) is 2. The van der Waals surface area contributed by atoms with Crippen LogP contribution in [0.5, 0.6) is 0 Å². The van der Waals surface area contributed by atoms with Gasteiger partial charge in [-0.25, -0.2) is 13.8 Å². The van der Waals surface area contributed by atoms with E-state index < -0.39 is 11.6 Å². The minimum Gasteiger partial charge on any atom is -0.338 e. The number of rotatable bonds is 4. The Morgan fingerprint density at radius 1 is 0.926 bits per heavy atom. The number of H-pyrrole nitrogens is 1. The van der Waals surface area contributed by atoms with Gasteiger partial charge in [-0.1, -0.05) is 36.4 Å². The van der Waals surface area contributed by atoms with E-state index in [0.717, 1.165) is 39.2 Å². The van der Waals surface area contributed by atoms with E-state index in [0.29, 0.717) is 11.4 Å². The molecule has 134 valence electrons. The average molecular weight is 379 g/mol. The fourth-order valence-electron chi connectivity index (χ4n) is 2.87. The molecule has 3 N–H and O–H groups in total. The van der Waals surface area contributed by atoms with Gasteiger partial charge in [0, 0.05) is 4.90 Å². The number of fused-ring (bicyclic) bond motifs is 1. The molecule has 0 aliphatic carbocycles. The molecule has 4 aromatic rings. The molecule has 6 heteroatoms. The number of nitrogens with zero attached hydrogens (tertiary/aromatic N) is 1. The lowest BCUT2D eigenvalue weighted by molar-refractivity contribution is 0.508. The fourth-order valence-corrected chi connectivity index (χ4v) is 3.34. The first-order valence-corrected chi connectivity index (χ1v) is 9.11. The molecule has 0 spiro atoms. The van der Waals surface area contributed by atoms with Gasteiger partial charge in [0.15, 0.2) is 11.6 Å². The summed E-state index contributed by atoms with van der Waals surface area (Å²) in [5, 5.41) is 5.76. The van der Waals surface area contributed by atoms with Gasteiger partial charge in [0.1, 0.15) is 5.82 Å². The molecule has 3 aromatic carbocycles. The lowest BCUT2D eigenvalue weighted by Gasteiger charge is -2.06. The van der Waals surface area contributed by atoms with Crippen LogP contribution in [0.25, 0.3) is 34.3 Å². The van der Waals surface area contributed by atoms with Gasteiger partial charge in [-0.3, -0.25) is 5.14 Å². The second-order valence-electron chi connectivity index (χ2n) is 5.97. The molecule has 1 aromatic heterocycles. The molecule has 3 nitrogen and oxygen atoms in total. The summed E-state index contributed by atoms with van der Waals surface area (Å²) in [7, 11) is 0. The fraction of sp³-hybridized carbons (Fsp3) is 0. The average Bonchev–Trinajstić information content (AvgIpc) is 3.11. The Bertz CT molecular complexity index is 1150. The van der Waals surface area contributed by atoms with E-state index in [-0.39, 0.29) is 0 Å². The van der Waals surface area contributed by atoms with E-state index in [1.165, 1.54) is 18.0 Å². The number of aromatic amines is 1. The van der Waals surface area contributed by atoms with Crippen molar-refractivity contribution in [3.05, 3.63) is 83.7 Å². The number of halogens is 2. The molecule has 0 saturated heterocycles. The SMILES string of the molecule is NSc1ccccc1-c1ccc2nc(/C=C/c3ccc(F)c(F)c3)[nH]c2c1. The van der Waals surface area contributed by atoms with Crippen molar-refractivity contribution in [3.8, 4) is 11.1 Å². The minimum atomic E-state index is -0.872. The van der Waals surface area contributed by atoms with Crippen LogP contribution in [0.15, 0.2) is 65.6 Å². The molecular formula is C21H15F2N3S. The normalized spacial score (nSPS) is 11.5. The molecule has 4 rings (SSSR count). The summed E-state index contributed by atoms with van der Waals surface area (Å²) < 4.78 is 26.3. The Labute approximate surface area is 159 Å². The molecule has 0 amide bonds. The highest BCUT2D eigenvalue weighted by Crippen LogP contribution is 2.30. The summed E-state index contributed by atoms with van der Waals surface area (Å²) in [6.45, 7) is 0. The molecular weight excluding hydrogens is 364 g/mol. The first-order valence-electron chi connectivity index (χ1n) is 8.23. The summed E-state index contributed by atoms with van der Waals surface area (Å²) >= 11 is 1.21. The zero-order valence-corrected chi connectivity index (χ0v) is 14.9. The van der Waals surface area contributed by atoms with Gasteiger partial charge in [0.25, 0.3) is 0 Å². The van der Waals surface area contributed by atoms with Crippen LogP contribution in [-0.4, -0.2) is 9.97 Å². The van der Waals surface area contributed by atoms with Gasteiger partial charge in [-0.15, -0.1) is 0 Å². The van der Waals surface area contributed by atoms with Crippen LogP contribution in [0.3, 0.4) is 0 Å². The lowest BCUT2D eigenvalue weighted by Crippen LogP contribution is -1.85. The van der Waals surface area contributed by atoms with E-state index in [1.54, 1.807) is 12.2 Å². The van der Waals surface area contributed by atoms with Gasteiger partial charge in [-0.2, -0.15) is 0 Å². The maximum atomic E-state index is 13.3. The van der Waals surface area contributed by atoms with Crippen molar-refractivity contribution in [3.63, 3.8) is 0 Å². The summed E-state index contributed by atoms with van der Waals surface area (Å²) in [5.74, 6) is -1.10. The summed E-state index contributed by atoms with van der Waals surface area (Å²) in [4.78, 5) is 8.74. The predicted molar refractivity (Wildman–Crippen MR) is 107 cm³/mol. The molecule has 0 aliphatic rings. The zero-order valence-electron chi connectivity index (χ0n) is 14.1. The zero-order chi connectivity index (χ0) is 18.8. The van der Waals surface area contributed by atoms with Gasteiger partial charge in [-0.05, 0) is 65.0 Å². The molecule has 1 heterocycles. The number of nitrogens with one attached hydrogen (secondary N) is 1. The third-order valence-corrected chi connectivity index (χ3v) is 4.81. The van der Waals surface area contributed by atoms with Crippen LogP contribution < -0.4 is 5.14 Å². The molecule has 0 fully saturated rings. The third kappa shape index (κ3) is 3.63. The van der Waals surface area contributed by atoms with Crippen LogP contribution in [0.1, 0.15) is 11.4 Å². The Balaban J connectivity index is 1.66. The van der Waals surface area contributed by atoms with Crippen molar-refractivity contribution in [2.75, 3.05) is 0 Å². The number of hydrogen-bond acceptors (Lipinski definition) is 3. The minimum absolute atomic E-state index is 0.559. The molecule has 0 aliphatic heterocycles. The molecule has 0 saturated carbocycles. The topological polar surface area (TPSA) is 54.7 Å². The van der Waals surface area contributed by atoms with Gasteiger partial charge in [0.05, 0.1) is 11.0 Å². The van der Waals surface area contributed by atoms with E-state index in [2.05, 4.69) is 9.97 Å². The standard InChI is InChI=1S/C21H15F2N3S/c22-16-8-5-13(11-17(16)23)6-10-21-25-18-9-7-14(12-19(18)26-21)15-3-1-2-4-20(15)27-24/h1-12H,24H2,(H,25,26)/b10-6+. The van der Waals surface area contributed by atoms with Gasteiger partial charge in [0.2, 0.25) is 0 Å². The van der Waals surface area contributed by atoms with Crippen molar-refractivity contribution in [1.82, 2.24) is 9.97 Å². The van der Waals surface area contributed by atoms with Crippen LogP contribution in [0.2, 0.25) is 0 Å². The largest absolute Gasteiger partial charge is 0.338 e. The second kappa shape index (κ2) is 7.34. The Morgan fingerprint density at radius 3 is 2.59 bits per heavy atom. The Kier molecular flexibility index (Phi) is 4.75. The summed E-state index contributed by atoms with van der Waals surface area (Å²) in [5.41, 5.74) is 4.36. The Morgan fingerprint density at radius 2 is 1.78 bits per heavy atom. The van der Waals surface area contributed by atoms with E-state index in [1.807, 2.05) is 42.5 Å². The molecule has 0 atom stereocenters. The van der Waals surface area contributed by atoms with Crippen LogP contribution in [0, 0.1) is 11.6 Å². The number of nitrogens with two attached hydrogens (primary N) is 1. The Hall–Kier alpha value is -2.96. The maximum Gasteiger partial charge on any atom is 0.159 e. The monoisotopic (exact) mass is 379 g/mol. The predicted octanol–water partition coefficient (Wildman–Crippen LogP) is 5.64.